The number of benzene rings is 2. The van der Waals surface area contributed by atoms with Gasteiger partial charge in [-0.25, -0.2) is 9.79 Å². The van der Waals surface area contributed by atoms with Gasteiger partial charge >= 0.3 is 11.7 Å². The van der Waals surface area contributed by atoms with Gasteiger partial charge in [0.05, 0.1) is 41.6 Å². The fourth-order valence-corrected chi connectivity index (χ4v) is 5.68. The van der Waals surface area contributed by atoms with Crippen LogP contribution in [0, 0.1) is 15.9 Å². The van der Waals surface area contributed by atoms with Crippen molar-refractivity contribution in [2.24, 2.45) is 4.99 Å². The quantitative estimate of drug-likeness (QED) is 0.169. The highest BCUT2D eigenvalue weighted by molar-refractivity contribution is 7.07. The minimum atomic E-state index is -0.961. The van der Waals surface area contributed by atoms with Crippen LogP contribution in [0.2, 0.25) is 0 Å². The van der Waals surface area contributed by atoms with Crippen LogP contribution in [0.1, 0.15) is 31.2 Å². The Bertz CT molecular complexity index is 1940. The molecule has 0 fully saturated rings. The Hall–Kier alpha value is -5.04. The van der Waals surface area contributed by atoms with Crippen LogP contribution in [-0.4, -0.2) is 36.3 Å². The Morgan fingerprint density at radius 3 is 2.67 bits per heavy atom. The molecular weight excluding hydrogens is 569 g/mol. The Labute approximate surface area is 241 Å². The van der Waals surface area contributed by atoms with Gasteiger partial charge in [-0.2, -0.15) is 4.39 Å². The van der Waals surface area contributed by atoms with Crippen molar-refractivity contribution < 1.29 is 32.7 Å². The third-order valence-electron chi connectivity index (χ3n) is 6.58. The maximum absolute atomic E-state index is 13.9. The molecule has 0 radical (unpaired) electrons. The van der Waals surface area contributed by atoms with Gasteiger partial charge in [0, 0.05) is 29.3 Å². The van der Waals surface area contributed by atoms with Crippen LogP contribution in [0.5, 0.6) is 11.5 Å². The normalized spacial score (nSPS) is 14.8. The van der Waals surface area contributed by atoms with E-state index in [9.17, 15) is 24.1 Å². The number of aromatic nitrogens is 1. The summed E-state index contributed by atoms with van der Waals surface area (Å²) in [7, 11) is 3.00. The Morgan fingerprint density at radius 2 is 1.98 bits per heavy atom. The number of nitro benzene ring substituents is 1. The summed E-state index contributed by atoms with van der Waals surface area (Å²) in [5, 5.41) is 11.1. The highest BCUT2D eigenvalue weighted by Crippen LogP contribution is 2.37. The maximum atomic E-state index is 13.9. The number of hydrogen-bond acceptors (Lipinski definition) is 10. The molecule has 0 amide bonds. The molecule has 5 rings (SSSR count). The molecular formula is C29H24FN3O8S. The third-order valence-corrected chi connectivity index (χ3v) is 7.56. The van der Waals surface area contributed by atoms with Gasteiger partial charge in [0.1, 0.15) is 29.1 Å². The lowest BCUT2D eigenvalue weighted by Gasteiger charge is -2.26. The van der Waals surface area contributed by atoms with Gasteiger partial charge in [-0.15, -0.1) is 0 Å². The molecule has 0 N–H and O–H groups in total. The average Bonchev–Trinajstić information content (AvgIpc) is 3.56. The molecule has 42 heavy (non-hydrogen) atoms. The van der Waals surface area contributed by atoms with Crippen molar-refractivity contribution in [3.63, 3.8) is 0 Å². The average molecular weight is 594 g/mol. The van der Waals surface area contributed by atoms with Crippen LogP contribution in [0.25, 0.3) is 17.4 Å². The minimum absolute atomic E-state index is 0.130. The molecule has 1 aliphatic rings. The van der Waals surface area contributed by atoms with Crippen LogP contribution in [0.4, 0.5) is 10.1 Å². The van der Waals surface area contributed by atoms with Crippen LogP contribution in [0.15, 0.2) is 74.0 Å². The van der Waals surface area contributed by atoms with Gasteiger partial charge in [0.2, 0.25) is 5.82 Å². The highest BCUT2D eigenvalue weighted by atomic mass is 32.1. The summed E-state index contributed by atoms with van der Waals surface area (Å²) in [4.78, 5) is 42.3. The van der Waals surface area contributed by atoms with Crippen molar-refractivity contribution >= 4 is 29.1 Å². The molecule has 0 spiro atoms. The zero-order valence-corrected chi connectivity index (χ0v) is 23.7. The van der Waals surface area contributed by atoms with Gasteiger partial charge in [0.25, 0.3) is 5.56 Å². The van der Waals surface area contributed by atoms with E-state index in [1.165, 1.54) is 30.9 Å². The van der Waals surface area contributed by atoms with E-state index in [0.717, 1.165) is 23.5 Å². The summed E-state index contributed by atoms with van der Waals surface area (Å²) in [6.07, 6.45) is 1.51. The topological polar surface area (TPSA) is 135 Å². The molecule has 0 saturated heterocycles. The van der Waals surface area contributed by atoms with Crippen LogP contribution in [-0.2, 0) is 9.53 Å². The molecule has 0 unspecified atom stereocenters. The maximum Gasteiger partial charge on any atom is 0.338 e. The number of fused-ring (bicyclic) bond motifs is 1. The first-order valence-electron chi connectivity index (χ1n) is 12.6. The lowest BCUT2D eigenvalue weighted by molar-refractivity contribution is -0.387. The van der Waals surface area contributed by atoms with Crippen molar-refractivity contribution in [1.82, 2.24) is 4.57 Å². The van der Waals surface area contributed by atoms with Gasteiger partial charge in [-0.1, -0.05) is 11.3 Å². The summed E-state index contributed by atoms with van der Waals surface area (Å²) in [5.41, 5.74) is 0.290. The first-order chi connectivity index (χ1) is 20.2. The minimum Gasteiger partial charge on any atom is -0.497 e. The molecule has 216 valence electrons. The number of allylic oxidation sites excluding steroid dienone is 1. The monoisotopic (exact) mass is 593 g/mol. The number of carbonyl (C=O) groups is 1. The smallest absolute Gasteiger partial charge is 0.338 e. The largest absolute Gasteiger partial charge is 0.497 e. The lowest BCUT2D eigenvalue weighted by Crippen LogP contribution is -2.40. The molecule has 11 nitrogen and oxygen atoms in total. The number of thiazole rings is 1. The Kier molecular flexibility index (Phi) is 7.77. The third kappa shape index (κ3) is 5.09. The second kappa shape index (κ2) is 11.4. The van der Waals surface area contributed by atoms with E-state index in [-0.39, 0.29) is 28.2 Å². The van der Waals surface area contributed by atoms with Crippen LogP contribution in [0.3, 0.4) is 0 Å². The zero-order chi connectivity index (χ0) is 30.1. The highest BCUT2D eigenvalue weighted by Gasteiger charge is 2.35. The molecule has 2 aromatic heterocycles. The van der Waals surface area contributed by atoms with Crippen molar-refractivity contribution in [2.45, 2.75) is 19.9 Å². The summed E-state index contributed by atoms with van der Waals surface area (Å²) < 4.78 is 37.6. The number of esters is 1. The van der Waals surface area contributed by atoms with E-state index >= 15 is 0 Å². The molecule has 13 heteroatoms. The number of rotatable bonds is 8. The summed E-state index contributed by atoms with van der Waals surface area (Å²) in [5.74, 6) is -0.117. The first kappa shape index (κ1) is 28.5. The van der Waals surface area contributed by atoms with Crippen LogP contribution >= 0.6 is 11.3 Å². The fraction of sp³-hybridized carbons (Fsp3) is 0.207. The molecule has 3 heterocycles. The van der Waals surface area contributed by atoms with Gasteiger partial charge in [0.15, 0.2) is 4.80 Å². The van der Waals surface area contributed by atoms with E-state index in [1.807, 2.05) is 0 Å². The number of hydrogen-bond donors (Lipinski definition) is 0. The number of nitro groups is 1. The van der Waals surface area contributed by atoms with Crippen molar-refractivity contribution in [1.29, 1.82) is 0 Å². The lowest BCUT2D eigenvalue weighted by atomic mass is 9.95. The van der Waals surface area contributed by atoms with E-state index in [1.54, 1.807) is 44.2 Å². The van der Waals surface area contributed by atoms with Crippen molar-refractivity contribution in [3.8, 4) is 22.8 Å². The molecule has 0 aliphatic carbocycles. The predicted octanol–water partition coefficient (Wildman–Crippen LogP) is 4.12. The molecule has 0 saturated carbocycles. The molecule has 1 atom stereocenters. The predicted molar refractivity (Wildman–Crippen MR) is 151 cm³/mol. The van der Waals surface area contributed by atoms with E-state index in [2.05, 4.69) is 4.99 Å². The van der Waals surface area contributed by atoms with Gasteiger partial charge in [-0.05, 0) is 50.2 Å². The van der Waals surface area contributed by atoms with E-state index < -0.39 is 34.0 Å². The van der Waals surface area contributed by atoms with Crippen molar-refractivity contribution in [2.75, 3.05) is 20.8 Å². The Balaban J connectivity index is 1.65. The van der Waals surface area contributed by atoms with E-state index in [4.69, 9.17) is 18.6 Å². The van der Waals surface area contributed by atoms with Crippen LogP contribution < -0.4 is 24.4 Å². The number of halogens is 1. The number of nitrogens with zero attached hydrogens (tertiary/aromatic N) is 3. The summed E-state index contributed by atoms with van der Waals surface area (Å²) in [6, 6.07) is 10.8. The molecule has 0 bridgehead atoms. The number of carbonyl (C=O) groups excluding carboxylic acids is 1. The van der Waals surface area contributed by atoms with Gasteiger partial charge in [-0.3, -0.25) is 19.5 Å². The standard InChI is InChI=1S/C29H24FN3O8S/c1-5-40-28(35)25-15(2)31-29-32(26(25)19-9-7-17(38-3)13-23(19)39-4)27(34)24(42-29)14-18-8-11-22(41-18)16-6-10-20(30)21(12-16)33(36)37/h6-14,26H,5H2,1-4H3/b24-14-/t26-/m0/s1. The second-order valence-corrected chi connectivity index (χ2v) is 10.0. The second-order valence-electron chi connectivity index (χ2n) is 9.04. The molecule has 4 aromatic rings. The SMILES string of the molecule is CCOC(=O)C1=C(C)N=c2s/c(=C\c3ccc(-c4ccc(F)c([N+](=O)[O-])c4)o3)c(=O)n2[C@H]1c1ccc(OC)cc1OC. The summed E-state index contributed by atoms with van der Waals surface area (Å²) >= 11 is 1.10. The van der Waals surface area contributed by atoms with E-state index in [0.29, 0.717) is 33.1 Å². The number of methoxy groups -OCH3 is 2. The Morgan fingerprint density at radius 1 is 1.19 bits per heavy atom. The van der Waals surface area contributed by atoms with Gasteiger partial charge < -0.3 is 18.6 Å². The molecule has 2 aromatic carbocycles. The number of ether oxygens (including phenoxy) is 3. The number of furan rings is 1. The zero-order valence-electron chi connectivity index (χ0n) is 22.9. The molecule has 1 aliphatic heterocycles. The summed E-state index contributed by atoms with van der Waals surface area (Å²) in [6.45, 7) is 3.49. The fourth-order valence-electron chi connectivity index (χ4n) is 4.65. The first-order valence-corrected chi connectivity index (χ1v) is 13.4. The van der Waals surface area contributed by atoms with Crippen molar-refractivity contribution in [3.05, 3.63) is 107 Å².